The highest BCUT2D eigenvalue weighted by Gasteiger charge is 2.51. The Morgan fingerprint density at radius 1 is 0.675 bits per heavy atom. The topological polar surface area (TPSA) is 449 Å². The lowest BCUT2D eigenvalue weighted by Gasteiger charge is -2.54. The van der Waals surface area contributed by atoms with Gasteiger partial charge in [0.05, 0.1) is 50.3 Å². The largest absolute Gasteiger partial charge is 0.507 e. The monoisotopic (exact) mass is 1120 g/mol. The fraction of sp³-hybridized carbons (Fsp3) is 0.882. The molecule has 23 atom stereocenters. The minimum absolute atomic E-state index is 0.0118. The highest BCUT2D eigenvalue weighted by molar-refractivity contribution is 5.09. The van der Waals surface area contributed by atoms with E-state index in [9.17, 15) is 91.9 Å². The Morgan fingerprint density at radius 2 is 1.23 bits per heavy atom. The molecule has 0 amide bonds. The van der Waals surface area contributed by atoms with E-state index in [-0.39, 0.29) is 61.9 Å². The van der Waals surface area contributed by atoms with Crippen LogP contribution >= 0.6 is 0 Å². The highest BCUT2D eigenvalue weighted by atomic mass is 16.7. The van der Waals surface area contributed by atoms with Crippen LogP contribution in [0.5, 0.6) is 0 Å². The van der Waals surface area contributed by atoms with Gasteiger partial charge in [-0.05, 0) is 86.7 Å². The summed E-state index contributed by atoms with van der Waals surface area (Å²) in [7, 11) is 0. The van der Waals surface area contributed by atoms with Gasteiger partial charge in [-0.3, -0.25) is 0 Å². The van der Waals surface area contributed by atoms with Gasteiger partial charge in [0.2, 0.25) is 25.2 Å². The predicted molar refractivity (Wildman–Crippen MR) is 267 cm³/mol. The third-order valence-corrected chi connectivity index (χ3v) is 15.7. The van der Waals surface area contributed by atoms with Gasteiger partial charge in [-0.2, -0.15) is 0 Å². The molecule has 1 aliphatic carbocycles. The number of hydrogen-bond acceptors (Lipinski definition) is 26. The van der Waals surface area contributed by atoms with Gasteiger partial charge in [0.15, 0.2) is 23.6 Å². The van der Waals surface area contributed by atoms with Gasteiger partial charge in [-0.25, -0.2) is 0 Å². The van der Waals surface area contributed by atoms with Gasteiger partial charge in [0.1, 0.15) is 60.7 Å². The lowest BCUT2D eigenvalue weighted by molar-refractivity contribution is -0.302. The third-order valence-electron chi connectivity index (χ3n) is 15.7. The van der Waals surface area contributed by atoms with Gasteiger partial charge in [-0.1, -0.05) is 41.0 Å². The first-order chi connectivity index (χ1) is 36.0. The molecule has 0 spiro atoms. The normalized spacial score (nSPS) is 34.8. The molecule has 2 aliphatic heterocycles. The van der Waals surface area contributed by atoms with E-state index in [0.717, 1.165) is 18.6 Å². The molecule has 1 saturated carbocycles. The first kappa shape index (κ1) is 68.8. The summed E-state index contributed by atoms with van der Waals surface area (Å²) >= 11 is 0. The van der Waals surface area contributed by atoms with E-state index in [2.05, 4.69) is 27.7 Å². The molecule has 3 rings (SSSR count). The van der Waals surface area contributed by atoms with Crippen molar-refractivity contribution < 1.29 is 130 Å². The first-order valence-electron chi connectivity index (χ1n) is 26.5. The summed E-state index contributed by atoms with van der Waals surface area (Å²) in [6.45, 7) is 9.92. The van der Waals surface area contributed by atoms with E-state index in [1.165, 1.54) is 13.8 Å². The zero-order valence-electron chi connectivity index (χ0n) is 45.1. The molecular weight excluding hydrogens is 1030 g/mol. The van der Waals surface area contributed by atoms with Crippen LogP contribution in [0.4, 0.5) is 0 Å². The van der Waals surface area contributed by atoms with Crippen molar-refractivity contribution in [2.75, 3.05) is 39.6 Å². The van der Waals surface area contributed by atoms with Crippen molar-refractivity contribution in [3.63, 3.8) is 0 Å². The summed E-state index contributed by atoms with van der Waals surface area (Å²) in [5.41, 5.74) is -2.51. The molecule has 0 radical (unpaired) electrons. The molecule has 19 N–H and O–H groups in total. The van der Waals surface area contributed by atoms with Crippen molar-refractivity contribution in [1.29, 1.82) is 0 Å². The molecule has 26 nitrogen and oxygen atoms in total. The van der Waals surface area contributed by atoms with E-state index in [1.807, 2.05) is 6.92 Å². The summed E-state index contributed by atoms with van der Waals surface area (Å²) in [6.07, 6.45) is -26.4. The van der Waals surface area contributed by atoms with E-state index >= 15 is 0 Å². The van der Waals surface area contributed by atoms with Crippen LogP contribution in [0.1, 0.15) is 99.8 Å². The second kappa shape index (κ2) is 31.7. The van der Waals surface area contributed by atoms with Crippen molar-refractivity contribution in [1.82, 2.24) is 0 Å². The van der Waals surface area contributed by atoms with Crippen LogP contribution in [0.25, 0.3) is 0 Å². The molecule has 0 aromatic heterocycles. The molecule has 3 fully saturated rings. The Labute approximate surface area is 449 Å². The van der Waals surface area contributed by atoms with Crippen LogP contribution < -0.4 is 0 Å². The molecular formula is C51H92O26. The van der Waals surface area contributed by atoms with Gasteiger partial charge in [-0.15, -0.1) is 0 Å². The Balaban J connectivity index is 1.95. The molecule has 26 heteroatoms. The van der Waals surface area contributed by atoms with Crippen LogP contribution in [0.15, 0.2) is 35.2 Å². The molecule has 0 aromatic carbocycles. The maximum atomic E-state index is 11.8. The van der Waals surface area contributed by atoms with E-state index in [4.69, 9.17) is 38.3 Å². The zero-order valence-corrected chi connectivity index (χ0v) is 45.1. The van der Waals surface area contributed by atoms with Gasteiger partial charge < -0.3 is 130 Å². The molecule has 2 heterocycles. The summed E-state index contributed by atoms with van der Waals surface area (Å²) in [5.74, 6) is -3.57. The second-order valence-corrected chi connectivity index (χ2v) is 21.5. The van der Waals surface area contributed by atoms with Gasteiger partial charge in [0.25, 0.3) is 0 Å². The second-order valence-electron chi connectivity index (χ2n) is 21.5. The Kier molecular flexibility index (Phi) is 28.3. The van der Waals surface area contributed by atoms with Gasteiger partial charge >= 0.3 is 0 Å². The minimum atomic E-state index is -2.18. The average molecular weight is 1120 g/mol. The van der Waals surface area contributed by atoms with Crippen LogP contribution in [-0.2, 0) is 33.2 Å². The molecule has 0 bridgehead atoms. The van der Waals surface area contributed by atoms with Gasteiger partial charge in [0, 0.05) is 32.5 Å². The van der Waals surface area contributed by atoms with Crippen LogP contribution in [-0.4, -0.2) is 247 Å². The average Bonchev–Trinajstić information content (AvgIpc) is 3.38. The molecule has 2 saturated heterocycles. The lowest BCUT2D eigenvalue weighted by atomic mass is 9.52. The third kappa shape index (κ3) is 18.5. The fourth-order valence-electron chi connectivity index (χ4n) is 10.6. The minimum Gasteiger partial charge on any atom is -0.507 e. The molecule has 8 unspecified atom stereocenters. The lowest BCUT2D eigenvalue weighted by Crippen LogP contribution is -2.59. The fourth-order valence-corrected chi connectivity index (χ4v) is 10.6. The SMILES string of the molecule is CC[C@@H](C)C1C(C)[C@@](CO[C@H](O)/C(O)=C(\O)[C@@H](CCO)O[C@H](O)/C(O)=C\[C@H](O)CCO)([C@H](C)CC[C@@H](O[C@H](O)/C(=C\[C@H](O)CCO[C@@H]2OC(CO)[C@@H](O)C(O)C2O)O[C@@H]2OC(CO)[C@@H](O)C(O)C2O)C(C)(C)O)CC[C@H]1C. The molecule has 452 valence electrons. The van der Waals surface area contributed by atoms with E-state index in [1.54, 1.807) is 0 Å². The van der Waals surface area contributed by atoms with Crippen LogP contribution in [0.2, 0.25) is 0 Å². The van der Waals surface area contributed by atoms with Crippen LogP contribution in [0, 0.1) is 35.0 Å². The number of rotatable bonds is 32. The molecule has 0 aromatic rings. The van der Waals surface area contributed by atoms with Crippen molar-refractivity contribution in [3.8, 4) is 0 Å². The maximum Gasteiger partial charge on any atom is 0.229 e. The Bertz CT molecular complexity index is 1790. The smallest absolute Gasteiger partial charge is 0.229 e. The first-order valence-corrected chi connectivity index (χ1v) is 26.5. The summed E-state index contributed by atoms with van der Waals surface area (Å²) in [6, 6.07) is 0. The van der Waals surface area contributed by atoms with Crippen molar-refractivity contribution in [2.45, 2.75) is 210 Å². The highest BCUT2D eigenvalue weighted by Crippen LogP contribution is 2.55. The number of hydrogen-bond donors (Lipinski definition) is 19. The van der Waals surface area contributed by atoms with Crippen molar-refractivity contribution >= 4 is 0 Å². The Morgan fingerprint density at radius 3 is 1.78 bits per heavy atom. The summed E-state index contributed by atoms with van der Waals surface area (Å²) < 4.78 is 39.5. The number of ether oxygens (including phenoxy) is 7. The Hall–Kier alpha value is -2.46. The van der Waals surface area contributed by atoms with Crippen molar-refractivity contribution in [3.05, 3.63) is 35.2 Å². The standard InChI is InChI=1S/C51H92O26/c1-8-24(2)36-25(3)11-15-51(27(36)5,23-72-47(69)42(64)37(59)31(13-17-53)73-45(67)30(58)19-28(56)12-16-52)26(4)9-10-35(50(6,7)70)77-46(68)32(74-49-44(66)41(63)39(61)34(22-55)76-49)20-29(57)14-18-71-48-43(65)40(62)38(60)33(21-54)75-48/h19-20,24-29,31,33-36,38-41,43-49,52-70H,8-18,21-23H2,1-7H3/b30-19+,32-20+,42-37+/t24-,25-,26-,27?,28-,29-,31-,33?,34?,35-,36?,38-,39-,40?,41?,43?,44?,45+,46+,47+,48-,49-,51+/m1/s1. The predicted octanol–water partition coefficient (Wildman–Crippen LogP) is -2.21. The molecule has 3 aliphatic rings. The molecule has 77 heavy (non-hydrogen) atoms. The van der Waals surface area contributed by atoms with Crippen LogP contribution in [0.3, 0.4) is 0 Å². The van der Waals surface area contributed by atoms with E-state index < -0.39 is 178 Å². The zero-order chi connectivity index (χ0) is 58.3. The summed E-state index contributed by atoms with van der Waals surface area (Å²) in [4.78, 5) is 0. The van der Waals surface area contributed by atoms with E-state index in [0.29, 0.717) is 12.8 Å². The number of aliphatic hydroxyl groups excluding tert-OH is 18. The summed E-state index contributed by atoms with van der Waals surface area (Å²) in [5, 5.41) is 199. The quantitative estimate of drug-likeness (QED) is 0.0251. The maximum absolute atomic E-state index is 11.8. The number of aliphatic hydroxyl groups is 19. The van der Waals surface area contributed by atoms with Crippen molar-refractivity contribution in [2.24, 2.45) is 35.0 Å².